The maximum atomic E-state index is 12.3. The van der Waals surface area contributed by atoms with Crippen LogP contribution in [-0.4, -0.2) is 17.3 Å². The van der Waals surface area contributed by atoms with Crippen LogP contribution in [0.25, 0.3) is 11.5 Å². The smallest absolute Gasteiger partial charge is 0.314 e. The summed E-state index contributed by atoms with van der Waals surface area (Å²) >= 11 is 3.28. The fourth-order valence-electron chi connectivity index (χ4n) is 1.27. The molecule has 0 saturated carbocycles. The van der Waals surface area contributed by atoms with E-state index in [0.717, 1.165) is 0 Å². The lowest BCUT2D eigenvalue weighted by Crippen LogP contribution is -1.87. The predicted molar refractivity (Wildman–Crippen MR) is 58.9 cm³/mol. The van der Waals surface area contributed by atoms with Crippen molar-refractivity contribution in [2.24, 2.45) is 0 Å². The number of hydrogen-bond donors (Lipinski definition) is 0. The summed E-state index contributed by atoms with van der Waals surface area (Å²) in [6.45, 7) is 0. The molecule has 2 rings (SSSR count). The monoisotopic (exact) mass is 304 g/mol. The van der Waals surface area contributed by atoms with Gasteiger partial charge in [0.05, 0.1) is 17.1 Å². The van der Waals surface area contributed by atoms with Crippen molar-refractivity contribution in [1.82, 2.24) is 10.2 Å². The minimum atomic E-state index is -2.78. The molecule has 17 heavy (non-hydrogen) atoms. The number of hydrogen-bond acceptors (Lipinski definition) is 4. The summed E-state index contributed by atoms with van der Waals surface area (Å²) in [5, 5.41) is 6.82. The van der Waals surface area contributed by atoms with Gasteiger partial charge < -0.3 is 9.15 Å². The van der Waals surface area contributed by atoms with Crippen molar-refractivity contribution in [2.45, 2.75) is 6.43 Å². The van der Waals surface area contributed by atoms with E-state index in [1.807, 2.05) is 0 Å². The standard InChI is InChI=1S/C10H7BrF2N2O2/c1-16-6-4-2-3-5(7(6)11)9-14-15-10(17-9)8(12)13/h2-4,8H,1H3. The van der Waals surface area contributed by atoms with Gasteiger partial charge in [-0.25, -0.2) is 0 Å². The van der Waals surface area contributed by atoms with Gasteiger partial charge >= 0.3 is 6.43 Å². The van der Waals surface area contributed by atoms with Crippen LogP contribution in [0, 0.1) is 0 Å². The molecule has 7 heteroatoms. The van der Waals surface area contributed by atoms with Gasteiger partial charge in [-0.05, 0) is 28.1 Å². The summed E-state index contributed by atoms with van der Waals surface area (Å²) in [4.78, 5) is 0. The van der Waals surface area contributed by atoms with Gasteiger partial charge in [0.15, 0.2) is 0 Å². The number of benzene rings is 1. The first-order chi connectivity index (χ1) is 8.13. The highest BCUT2D eigenvalue weighted by Crippen LogP contribution is 2.35. The highest BCUT2D eigenvalue weighted by Gasteiger charge is 2.19. The summed E-state index contributed by atoms with van der Waals surface area (Å²) in [5.74, 6) is -0.125. The third-order valence-corrected chi connectivity index (χ3v) is 2.86. The Hall–Kier alpha value is -1.50. The van der Waals surface area contributed by atoms with Crippen LogP contribution in [0.4, 0.5) is 8.78 Å². The van der Waals surface area contributed by atoms with Crippen LogP contribution in [0.2, 0.25) is 0 Å². The van der Waals surface area contributed by atoms with Crippen molar-refractivity contribution in [3.05, 3.63) is 28.6 Å². The second-order valence-corrected chi connectivity index (χ2v) is 3.86. The number of nitrogens with zero attached hydrogens (tertiary/aromatic N) is 2. The highest BCUT2D eigenvalue weighted by atomic mass is 79.9. The lowest BCUT2D eigenvalue weighted by Gasteiger charge is -2.05. The maximum Gasteiger partial charge on any atom is 0.314 e. The average Bonchev–Trinajstić information content (AvgIpc) is 2.78. The van der Waals surface area contributed by atoms with E-state index >= 15 is 0 Å². The zero-order valence-electron chi connectivity index (χ0n) is 8.65. The van der Waals surface area contributed by atoms with Crippen molar-refractivity contribution < 1.29 is 17.9 Å². The molecule has 0 amide bonds. The summed E-state index contributed by atoms with van der Waals surface area (Å²) in [6.07, 6.45) is -2.78. The summed E-state index contributed by atoms with van der Waals surface area (Å²) in [5.41, 5.74) is 0.503. The van der Waals surface area contributed by atoms with Crippen LogP contribution in [0.1, 0.15) is 12.3 Å². The number of rotatable bonds is 3. The Bertz CT molecular complexity index is 531. The Morgan fingerprint density at radius 2 is 2.12 bits per heavy atom. The van der Waals surface area contributed by atoms with E-state index in [9.17, 15) is 8.78 Å². The molecular weight excluding hydrogens is 298 g/mol. The molecule has 0 atom stereocenters. The summed E-state index contributed by atoms with van der Waals surface area (Å²) < 4.78 is 35.1. The van der Waals surface area contributed by atoms with Crippen molar-refractivity contribution >= 4 is 15.9 Å². The minimum absolute atomic E-state index is 0.0195. The van der Waals surface area contributed by atoms with Gasteiger partial charge in [-0.1, -0.05) is 6.07 Å². The fraction of sp³-hybridized carbons (Fsp3) is 0.200. The SMILES string of the molecule is COc1cccc(-c2nnc(C(F)F)o2)c1Br. The van der Waals surface area contributed by atoms with E-state index in [0.29, 0.717) is 15.8 Å². The van der Waals surface area contributed by atoms with Gasteiger partial charge in [-0.2, -0.15) is 8.78 Å². The largest absolute Gasteiger partial charge is 0.496 e. The molecule has 0 unspecified atom stereocenters. The molecule has 0 radical (unpaired) electrons. The van der Waals surface area contributed by atoms with Gasteiger partial charge in [0.2, 0.25) is 5.89 Å². The molecule has 0 fully saturated rings. The van der Waals surface area contributed by atoms with E-state index in [4.69, 9.17) is 9.15 Å². The molecule has 0 aliphatic carbocycles. The van der Waals surface area contributed by atoms with E-state index in [1.54, 1.807) is 18.2 Å². The van der Waals surface area contributed by atoms with Crippen molar-refractivity contribution in [1.29, 1.82) is 0 Å². The van der Waals surface area contributed by atoms with Crippen molar-refractivity contribution in [3.8, 4) is 17.2 Å². The van der Waals surface area contributed by atoms with Gasteiger partial charge in [0.25, 0.3) is 5.89 Å². The Morgan fingerprint density at radius 1 is 1.35 bits per heavy atom. The highest BCUT2D eigenvalue weighted by molar-refractivity contribution is 9.10. The van der Waals surface area contributed by atoms with Crippen LogP contribution in [-0.2, 0) is 0 Å². The first-order valence-corrected chi connectivity index (χ1v) is 5.37. The second-order valence-electron chi connectivity index (χ2n) is 3.07. The molecule has 0 N–H and O–H groups in total. The molecule has 2 aromatic rings. The third-order valence-electron chi connectivity index (χ3n) is 2.04. The fourth-order valence-corrected chi connectivity index (χ4v) is 1.86. The molecule has 1 aromatic heterocycles. The Kier molecular flexibility index (Phi) is 3.37. The molecule has 1 aromatic carbocycles. The number of alkyl halides is 2. The quantitative estimate of drug-likeness (QED) is 0.871. The summed E-state index contributed by atoms with van der Waals surface area (Å²) in [7, 11) is 1.50. The Labute approximate surface area is 104 Å². The Morgan fingerprint density at radius 3 is 2.71 bits per heavy atom. The lowest BCUT2D eigenvalue weighted by atomic mass is 10.2. The van der Waals surface area contributed by atoms with E-state index in [1.165, 1.54) is 7.11 Å². The maximum absolute atomic E-state index is 12.3. The molecule has 0 spiro atoms. The first-order valence-electron chi connectivity index (χ1n) is 4.58. The van der Waals surface area contributed by atoms with Crippen LogP contribution < -0.4 is 4.74 Å². The van der Waals surface area contributed by atoms with Crippen LogP contribution in [0.3, 0.4) is 0 Å². The van der Waals surface area contributed by atoms with Crippen molar-refractivity contribution in [3.63, 3.8) is 0 Å². The van der Waals surface area contributed by atoms with Crippen LogP contribution in [0.5, 0.6) is 5.75 Å². The first kappa shape index (κ1) is 12.0. The molecule has 0 aliphatic rings. The third kappa shape index (κ3) is 2.28. The van der Waals surface area contributed by atoms with Gasteiger partial charge in [-0.3, -0.25) is 0 Å². The number of methoxy groups -OCH3 is 1. The topological polar surface area (TPSA) is 48.2 Å². The minimum Gasteiger partial charge on any atom is -0.496 e. The Balaban J connectivity index is 2.45. The van der Waals surface area contributed by atoms with E-state index in [-0.39, 0.29) is 5.89 Å². The molecular formula is C10H7BrF2N2O2. The van der Waals surface area contributed by atoms with E-state index in [2.05, 4.69) is 26.1 Å². The summed E-state index contributed by atoms with van der Waals surface area (Å²) in [6, 6.07) is 5.08. The number of halogens is 3. The molecule has 90 valence electrons. The average molecular weight is 305 g/mol. The zero-order valence-corrected chi connectivity index (χ0v) is 10.2. The van der Waals surface area contributed by atoms with Crippen molar-refractivity contribution in [2.75, 3.05) is 7.11 Å². The van der Waals surface area contributed by atoms with Gasteiger partial charge in [0, 0.05) is 0 Å². The molecule has 0 saturated heterocycles. The zero-order chi connectivity index (χ0) is 12.4. The van der Waals surface area contributed by atoms with Crippen LogP contribution >= 0.6 is 15.9 Å². The van der Waals surface area contributed by atoms with Gasteiger partial charge in [0.1, 0.15) is 5.75 Å². The normalized spacial score (nSPS) is 10.9. The van der Waals surface area contributed by atoms with Crippen LogP contribution in [0.15, 0.2) is 27.1 Å². The molecule has 0 bridgehead atoms. The molecule has 4 nitrogen and oxygen atoms in total. The van der Waals surface area contributed by atoms with Gasteiger partial charge in [-0.15, -0.1) is 10.2 Å². The second kappa shape index (κ2) is 4.79. The number of aromatic nitrogens is 2. The predicted octanol–water partition coefficient (Wildman–Crippen LogP) is 3.45. The number of ether oxygens (including phenoxy) is 1. The van der Waals surface area contributed by atoms with E-state index < -0.39 is 12.3 Å². The molecule has 0 aliphatic heterocycles. The molecule has 1 heterocycles. The lowest BCUT2D eigenvalue weighted by molar-refractivity contribution is 0.116.